The van der Waals surface area contributed by atoms with Crippen molar-refractivity contribution in [2.45, 2.75) is 20.3 Å². The Morgan fingerprint density at radius 2 is 2.18 bits per heavy atom. The third-order valence-corrected chi connectivity index (χ3v) is 1.77. The van der Waals surface area contributed by atoms with Gasteiger partial charge in [0.15, 0.2) is 0 Å². The van der Waals surface area contributed by atoms with Crippen LogP contribution in [0.25, 0.3) is 0 Å². The summed E-state index contributed by atoms with van der Waals surface area (Å²) in [5, 5.41) is 0. The first-order valence-electron chi connectivity index (χ1n) is 3.90. The molecular weight excluding hydrogens is 142 g/mol. The molecule has 0 aromatic rings. The summed E-state index contributed by atoms with van der Waals surface area (Å²) in [7, 11) is 3.15. The first kappa shape index (κ1) is 10.3. The minimum atomic E-state index is -0.259. The molecule has 0 aliphatic heterocycles. The van der Waals surface area contributed by atoms with E-state index in [2.05, 4.69) is 18.6 Å². The van der Waals surface area contributed by atoms with Crippen molar-refractivity contribution in [3.63, 3.8) is 0 Å². The molecule has 0 heterocycles. The van der Waals surface area contributed by atoms with E-state index in [1.807, 2.05) is 0 Å². The maximum atomic E-state index is 10.9. The number of amides is 1. The Hall–Kier alpha value is -0.730. The lowest BCUT2D eigenvalue weighted by molar-refractivity contribution is 0.128. The highest BCUT2D eigenvalue weighted by Crippen LogP contribution is 2.02. The number of carbonyl (C=O) groups is 1. The number of carbonyl (C=O) groups excluding carboxylic acids is 1. The Bertz CT molecular complexity index is 125. The number of rotatable bonds is 3. The number of ether oxygens (including phenoxy) is 1. The van der Waals surface area contributed by atoms with Gasteiger partial charge >= 0.3 is 6.09 Å². The summed E-state index contributed by atoms with van der Waals surface area (Å²) in [4.78, 5) is 12.5. The maximum Gasteiger partial charge on any atom is 0.409 e. The van der Waals surface area contributed by atoms with E-state index in [0.29, 0.717) is 5.92 Å². The topological polar surface area (TPSA) is 29.5 Å². The van der Waals surface area contributed by atoms with Gasteiger partial charge in [0.2, 0.25) is 0 Å². The predicted molar refractivity (Wildman–Crippen MR) is 44.5 cm³/mol. The summed E-state index contributed by atoms with van der Waals surface area (Å²) < 4.78 is 4.54. The van der Waals surface area contributed by atoms with Gasteiger partial charge in [0.1, 0.15) is 0 Å². The second kappa shape index (κ2) is 4.99. The first-order valence-corrected chi connectivity index (χ1v) is 3.90. The van der Waals surface area contributed by atoms with E-state index in [1.54, 1.807) is 11.9 Å². The molecule has 0 bridgehead atoms. The van der Waals surface area contributed by atoms with Crippen LogP contribution in [0.5, 0.6) is 0 Å². The zero-order valence-corrected chi connectivity index (χ0v) is 7.76. The van der Waals surface area contributed by atoms with Crippen LogP contribution in [0.15, 0.2) is 0 Å². The molecule has 0 rings (SSSR count). The molecule has 0 N–H and O–H groups in total. The predicted octanol–water partition coefficient (Wildman–Crippen LogP) is 1.73. The van der Waals surface area contributed by atoms with Crippen LogP contribution in [0.4, 0.5) is 4.79 Å². The van der Waals surface area contributed by atoms with Gasteiger partial charge in [0.05, 0.1) is 7.11 Å². The van der Waals surface area contributed by atoms with Gasteiger partial charge < -0.3 is 9.64 Å². The minimum absolute atomic E-state index is 0.259. The molecule has 66 valence electrons. The van der Waals surface area contributed by atoms with Crippen LogP contribution >= 0.6 is 0 Å². The average molecular weight is 159 g/mol. The largest absolute Gasteiger partial charge is 0.453 e. The summed E-state index contributed by atoms with van der Waals surface area (Å²) in [5.41, 5.74) is 0. The Balaban J connectivity index is 3.67. The van der Waals surface area contributed by atoms with Crippen molar-refractivity contribution in [2.75, 3.05) is 20.7 Å². The lowest BCUT2D eigenvalue weighted by Crippen LogP contribution is -2.30. The molecule has 0 saturated carbocycles. The highest BCUT2D eigenvalue weighted by molar-refractivity contribution is 5.66. The first-order chi connectivity index (χ1) is 5.11. The van der Waals surface area contributed by atoms with Crippen molar-refractivity contribution < 1.29 is 9.53 Å². The van der Waals surface area contributed by atoms with Crippen molar-refractivity contribution >= 4 is 6.09 Å². The number of hydrogen-bond acceptors (Lipinski definition) is 2. The fourth-order valence-corrected chi connectivity index (χ4v) is 0.827. The highest BCUT2D eigenvalue weighted by Gasteiger charge is 2.10. The second-order valence-corrected chi connectivity index (χ2v) is 2.86. The van der Waals surface area contributed by atoms with Crippen LogP contribution in [0.1, 0.15) is 20.3 Å². The van der Waals surface area contributed by atoms with E-state index in [0.717, 1.165) is 13.0 Å². The van der Waals surface area contributed by atoms with E-state index in [-0.39, 0.29) is 6.09 Å². The van der Waals surface area contributed by atoms with Gasteiger partial charge in [-0.25, -0.2) is 4.79 Å². The molecule has 11 heavy (non-hydrogen) atoms. The fourth-order valence-electron chi connectivity index (χ4n) is 0.827. The van der Waals surface area contributed by atoms with Crippen LogP contribution in [0.2, 0.25) is 0 Å². The lowest BCUT2D eigenvalue weighted by atomic mass is 10.1. The molecule has 1 amide bonds. The van der Waals surface area contributed by atoms with Gasteiger partial charge in [-0.3, -0.25) is 0 Å². The van der Waals surface area contributed by atoms with Crippen LogP contribution in [-0.4, -0.2) is 31.7 Å². The summed E-state index contributed by atoms with van der Waals surface area (Å²) in [6.45, 7) is 4.98. The van der Waals surface area contributed by atoms with Crippen molar-refractivity contribution in [1.29, 1.82) is 0 Å². The van der Waals surface area contributed by atoms with Gasteiger partial charge in [0.25, 0.3) is 0 Å². The van der Waals surface area contributed by atoms with Gasteiger partial charge in [0, 0.05) is 13.6 Å². The van der Waals surface area contributed by atoms with E-state index < -0.39 is 0 Å². The summed E-state index contributed by atoms with van der Waals surface area (Å²) >= 11 is 0. The van der Waals surface area contributed by atoms with E-state index in [1.165, 1.54) is 7.11 Å². The summed E-state index contributed by atoms with van der Waals surface area (Å²) in [5.74, 6) is 0.541. The van der Waals surface area contributed by atoms with Crippen LogP contribution in [0.3, 0.4) is 0 Å². The molecule has 0 aromatic carbocycles. The standard InChI is InChI=1S/C8H17NO2/c1-5-7(2)6-9(3)8(10)11-4/h7H,5-6H2,1-4H3. The zero-order valence-electron chi connectivity index (χ0n) is 7.76. The molecule has 3 nitrogen and oxygen atoms in total. The van der Waals surface area contributed by atoms with Crippen LogP contribution in [0, 0.1) is 5.92 Å². The Labute approximate surface area is 68.3 Å². The van der Waals surface area contributed by atoms with Gasteiger partial charge in [-0.15, -0.1) is 0 Å². The molecule has 0 aromatic heterocycles. The lowest BCUT2D eigenvalue weighted by Gasteiger charge is -2.18. The molecule has 0 radical (unpaired) electrons. The monoisotopic (exact) mass is 159 g/mol. The summed E-state index contributed by atoms with van der Waals surface area (Å²) in [6.07, 6.45) is 0.826. The molecule has 1 unspecified atom stereocenters. The maximum absolute atomic E-state index is 10.9. The molecule has 0 aliphatic rings. The third-order valence-electron chi connectivity index (χ3n) is 1.77. The number of hydrogen-bond donors (Lipinski definition) is 0. The second-order valence-electron chi connectivity index (χ2n) is 2.86. The molecule has 0 spiro atoms. The Morgan fingerprint density at radius 3 is 2.55 bits per heavy atom. The SMILES string of the molecule is CCC(C)CN(C)C(=O)OC. The number of nitrogens with zero attached hydrogens (tertiary/aromatic N) is 1. The normalized spacial score (nSPS) is 12.4. The quantitative estimate of drug-likeness (QED) is 0.627. The molecule has 0 aliphatic carbocycles. The molecule has 0 saturated heterocycles. The van der Waals surface area contributed by atoms with Gasteiger partial charge in [-0.2, -0.15) is 0 Å². The van der Waals surface area contributed by atoms with Crippen molar-refractivity contribution in [3.8, 4) is 0 Å². The zero-order chi connectivity index (χ0) is 8.85. The van der Waals surface area contributed by atoms with Crippen molar-refractivity contribution in [3.05, 3.63) is 0 Å². The van der Waals surface area contributed by atoms with Gasteiger partial charge in [-0.05, 0) is 5.92 Å². The summed E-state index contributed by atoms with van der Waals surface area (Å²) in [6, 6.07) is 0. The highest BCUT2D eigenvalue weighted by atomic mass is 16.5. The van der Waals surface area contributed by atoms with E-state index in [9.17, 15) is 4.79 Å². The molecule has 1 atom stereocenters. The van der Waals surface area contributed by atoms with E-state index in [4.69, 9.17) is 0 Å². The van der Waals surface area contributed by atoms with E-state index >= 15 is 0 Å². The smallest absolute Gasteiger partial charge is 0.409 e. The van der Waals surface area contributed by atoms with Crippen molar-refractivity contribution in [1.82, 2.24) is 4.90 Å². The third kappa shape index (κ3) is 3.86. The number of methoxy groups -OCH3 is 1. The fraction of sp³-hybridized carbons (Fsp3) is 0.875. The van der Waals surface area contributed by atoms with Gasteiger partial charge in [-0.1, -0.05) is 20.3 Å². The molecule has 0 fully saturated rings. The van der Waals surface area contributed by atoms with Crippen molar-refractivity contribution in [2.24, 2.45) is 5.92 Å². The Morgan fingerprint density at radius 1 is 1.64 bits per heavy atom. The Kier molecular flexibility index (Phi) is 4.66. The molecule has 3 heteroatoms. The minimum Gasteiger partial charge on any atom is -0.453 e. The molecular formula is C8H17NO2. The average Bonchev–Trinajstić information content (AvgIpc) is 2.02. The van der Waals surface area contributed by atoms with Crippen LogP contribution in [-0.2, 0) is 4.74 Å². The van der Waals surface area contributed by atoms with Crippen LogP contribution < -0.4 is 0 Å².